The topological polar surface area (TPSA) is 114 Å². The fourth-order valence-electron chi connectivity index (χ4n) is 4.85. The number of carboxylic acid groups (broad SMARTS) is 1. The van der Waals surface area contributed by atoms with Crippen molar-refractivity contribution in [1.29, 1.82) is 0 Å². The van der Waals surface area contributed by atoms with Crippen LogP contribution in [0.25, 0.3) is 63.9 Å². The molecule has 0 unspecified atom stereocenters. The molecule has 7 nitrogen and oxygen atoms in total. The number of fused-ring (bicyclic) bond motifs is 4. The molecule has 2 N–H and O–H groups in total. The lowest BCUT2D eigenvalue weighted by Crippen LogP contribution is -2.07. The number of hydrogen-bond acceptors (Lipinski definition) is 8. The third-order valence-corrected chi connectivity index (χ3v) is 8.83. The quantitative estimate of drug-likeness (QED) is 0.218. The summed E-state index contributed by atoms with van der Waals surface area (Å²) in [6.07, 6.45) is 0.0986. The van der Waals surface area contributed by atoms with Crippen LogP contribution < -0.4 is 5.43 Å². The molecule has 0 bridgehead atoms. The molecule has 2 aliphatic rings. The summed E-state index contributed by atoms with van der Waals surface area (Å²) < 4.78 is 8.07. The molecule has 39 heavy (non-hydrogen) atoms. The molecule has 0 fully saturated rings. The standard InChI is InChI=1S/C30H18N2O5S2/c33-22-13-24-16(11-18(22)29-31-20-5-1-3-7-26(20)38-29)15(9-10-28(35)36)17-12-19(23(34)14-25(17)37-24)30-32-21-6-2-4-8-27(21)39-30/h1-8,11-14,33H,9-10H2,(H,35,36). The van der Waals surface area contributed by atoms with Crippen molar-refractivity contribution in [1.82, 2.24) is 9.97 Å². The van der Waals surface area contributed by atoms with Crippen molar-refractivity contribution in [3.63, 3.8) is 0 Å². The summed E-state index contributed by atoms with van der Waals surface area (Å²) in [4.78, 5) is 34.1. The Hall–Kier alpha value is -4.60. The Morgan fingerprint density at radius 2 is 1.46 bits per heavy atom. The van der Waals surface area contributed by atoms with E-state index in [1.165, 1.54) is 34.8 Å². The number of hydrogen-bond donors (Lipinski definition) is 2. The average Bonchev–Trinajstić information content (AvgIpc) is 3.54. The molecule has 3 aromatic carbocycles. The normalized spacial score (nSPS) is 11.7. The second-order valence-electron chi connectivity index (χ2n) is 9.16. The number of aromatic nitrogens is 2. The van der Waals surface area contributed by atoms with Crippen LogP contribution in [0.1, 0.15) is 12.0 Å². The van der Waals surface area contributed by atoms with Crippen molar-refractivity contribution in [2.45, 2.75) is 12.8 Å². The molecule has 3 heterocycles. The van der Waals surface area contributed by atoms with Crippen molar-refractivity contribution >= 4 is 60.0 Å². The van der Waals surface area contributed by atoms with E-state index in [1.807, 2.05) is 48.5 Å². The molecule has 0 saturated heterocycles. The summed E-state index contributed by atoms with van der Waals surface area (Å²) in [7, 11) is 0. The SMILES string of the molecule is O=C(O)CCc1c2cc(-c3nc4ccccc4s3)c(=O)cc-2oc2cc(O)c(-c3nc4ccccc4s3)cc12. The van der Waals surface area contributed by atoms with E-state index in [9.17, 15) is 19.8 Å². The van der Waals surface area contributed by atoms with Crippen LogP contribution in [0.4, 0.5) is 0 Å². The highest BCUT2D eigenvalue weighted by molar-refractivity contribution is 7.22. The Bertz CT molecular complexity index is 2040. The van der Waals surface area contributed by atoms with Gasteiger partial charge in [0.2, 0.25) is 0 Å². The molecule has 0 saturated carbocycles. The number of nitrogens with zero attached hydrogens (tertiary/aromatic N) is 2. The number of para-hydroxylation sites is 2. The van der Waals surface area contributed by atoms with E-state index >= 15 is 0 Å². The molecule has 0 spiro atoms. The minimum absolute atomic E-state index is 0.0118. The van der Waals surface area contributed by atoms with E-state index in [4.69, 9.17) is 4.42 Å². The number of phenolic OH excluding ortho intramolecular Hbond substituents is 1. The summed E-state index contributed by atoms with van der Waals surface area (Å²) >= 11 is 2.89. The van der Waals surface area contributed by atoms with Gasteiger partial charge >= 0.3 is 5.97 Å². The number of aliphatic carboxylic acids is 1. The summed E-state index contributed by atoms with van der Waals surface area (Å²) in [5.74, 6) is -0.624. The molecule has 0 amide bonds. The van der Waals surface area contributed by atoms with Gasteiger partial charge in [0, 0.05) is 29.5 Å². The van der Waals surface area contributed by atoms with Gasteiger partial charge in [0.15, 0.2) is 5.43 Å². The number of carboxylic acids is 1. The number of benzene rings is 4. The van der Waals surface area contributed by atoms with E-state index < -0.39 is 5.97 Å². The van der Waals surface area contributed by atoms with Gasteiger partial charge < -0.3 is 14.6 Å². The van der Waals surface area contributed by atoms with Gasteiger partial charge in [-0.2, -0.15) is 0 Å². The van der Waals surface area contributed by atoms with Crippen LogP contribution in [-0.4, -0.2) is 26.2 Å². The Labute approximate surface area is 228 Å². The van der Waals surface area contributed by atoms with Gasteiger partial charge in [-0.25, -0.2) is 9.97 Å². The first-order valence-electron chi connectivity index (χ1n) is 12.1. The summed E-state index contributed by atoms with van der Waals surface area (Å²) in [5.41, 5.74) is 4.07. The monoisotopic (exact) mass is 550 g/mol. The maximum atomic E-state index is 13.2. The third kappa shape index (κ3) is 4.03. The van der Waals surface area contributed by atoms with Gasteiger partial charge in [0.05, 0.1) is 31.6 Å². The number of carbonyl (C=O) groups is 1. The minimum atomic E-state index is -0.936. The van der Waals surface area contributed by atoms with Crippen LogP contribution in [0.3, 0.4) is 0 Å². The highest BCUT2D eigenvalue weighted by Gasteiger charge is 2.23. The molecule has 1 aliphatic carbocycles. The van der Waals surface area contributed by atoms with E-state index in [0.29, 0.717) is 43.4 Å². The van der Waals surface area contributed by atoms with Gasteiger partial charge in [-0.15, -0.1) is 22.7 Å². The first-order chi connectivity index (χ1) is 18.9. The highest BCUT2D eigenvalue weighted by atomic mass is 32.1. The van der Waals surface area contributed by atoms with Crippen molar-refractivity contribution < 1.29 is 19.4 Å². The van der Waals surface area contributed by atoms with Crippen LogP contribution in [0, 0.1) is 0 Å². The van der Waals surface area contributed by atoms with Gasteiger partial charge in [0.25, 0.3) is 0 Å². The molecule has 9 heteroatoms. The maximum absolute atomic E-state index is 13.2. The Morgan fingerprint density at radius 3 is 2.10 bits per heavy atom. The molecule has 5 aromatic rings. The predicted octanol–water partition coefficient (Wildman–Crippen LogP) is 7.17. The number of aryl methyl sites for hydroxylation is 1. The molecule has 190 valence electrons. The Morgan fingerprint density at radius 1 is 0.821 bits per heavy atom. The molecule has 0 atom stereocenters. The maximum Gasteiger partial charge on any atom is 0.303 e. The van der Waals surface area contributed by atoms with Crippen LogP contribution in [-0.2, 0) is 11.2 Å². The Balaban J connectivity index is 1.49. The summed E-state index contributed by atoms with van der Waals surface area (Å²) in [6, 6.07) is 21.9. The number of aromatic hydroxyl groups is 1. The van der Waals surface area contributed by atoms with Gasteiger partial charge in [0.1, 0.15) is 27.1 Å². The fraction of sp³-hybridized carbons (Fsp3) is 0.0667. The zero-order chi connectivity index (χ0) is 26.7. The minimum Gasteiger partial charge on any atom is -0.507 e. The first-order valence-corrected chi connectivity index (χ1v) is 13.8. The molecule has 7 rings (SSSR count). The molecule has 1 aliphatic heterocycles. The van der Waals surface area contributed by atoms with Gasteiger partial charge in [-0.05, 0) is 48.4 Å². The number of rotatable bonds is 5. The van der Waals surface area contributed by atoms with E-state index in [0.717, 1.165) is 26.0 Å². The van der Waals surface area contributed by atoms with Crippen molar-refractivity contribution in [3.05, 3.63) is 88.6 Å². The van der Waals surface area contributed by atoms with Crippen LogP contribution in [0.5, 0.6) is 5.75 Å². The zero-order valence-corrected chi connectivity index (χ0v) is 21.8. The van der Waals surface area contributed by atoms with Crippen molar-refractivity contribution in [2.75, 3.05) is 0 Å². The summed E-state index contributed by atoms with van der Waals surface area (Å²) in [6.45, 7) is 0. The lowest BCUT2D eigenvalue weighted by Gasteiger charge is -2.16. The molecule has 0 radical (unpaired) electrons. The first kappa shape index (κ1) is 23.5. The van der Waals surface area contributed by atoms with Gasteiger partial charge in [-0.3, -0.25) is 9.59 Å². The zero-order valence-electron chi connectivity index (χ0n) is 20.2. The second-order valence-corrected chi connectivity index (χ2v) is 11.2. The van der Waals surface area contributed by atoms with E-state index in [2.05, 4.69) is 9.97 Å². The summed E-state index contributed by atoms with van der Waals surface area (Å²) in [5, 5.41) is 22.3. The predicted molar refractivity (Wildman–Crippen MR) is 154 cm³/mol. The molecular weight excluding hydrogens is 532 g/mol. The van der Waals surface area contributed by atoms with Crippen LogP contribution in [0.2, 0.25) is 0 Å². The number of phenols is 1. The van der Waals surface area contributed by atoms with E-state index in [1.54, 1.807) is 12.1 Å². The lowest BCUT2D eigenvalue weighted by atomic mass is 9.93. The fourth-order valence-corrected chi connectivity index (χ4v) is 6.83. The lowest BCUT2D eigenvalue weighted by molar-refractivity contribution is -0.136. The third-order valence-electron chi connectivity index (χ3n) is 6.69. The Kier molecular flexibility index (Phi) is 5.43. The largest absolute Gasteiger partial charge is 0.507 e. The molecule has 2 aromatic heterocycles. The van der Waals surface area contributed by atoms with Crippen molar-refractivity contribution in [2.24, 2.45) is 0 Å². The highest BCUT2D eigenvalue weighted by Crippen LogP contribution is 2.42. The van der Waals surface area contributed by atoms with Crippen LogP contribution in [0.15, 0.2) is 82.0 Å². The van der Waals surface area contributed by atoms with Gasteiger partial charge in [-0.1, -0.05) is 24.3 Å². The van der Waals surface area contributed by atoms with Crippen LogP contribution >= 0.6 is 22.7 Å². The second kappa shape index (κ2) is 9.00. The average molecular weight is 551 g/mol. The number of thiazole rings is 2. The smallest absolute Gasteiger partial charge is 0.303 e. The van der Waals surface area contributed by atoms with Crippen molar-refractivity contribution in [3.8, 4) is 38.2 Å². The molecular formula is C30H18N2O5S2. The van der Waals surface area contributed by atoms with E-state index in [-0.39, 0.29) is 24.0 Å².